The molecule has 2 unspecified atom stereocenters. The lowest BCUT2D eigenvalue weighted by atomic mass is 9.91. The molecule has 0 bridgehead atoms. The fourth-order valence-electron chi connectivity index (χ4n) is 3.06. The van der Waals surface area contributed by atoms with Crippen molar-refractivity contribution in [2.45, 2.75) is 45.6 Å². The van der Waals surface area contributed by atoms with Crippen LogP contribution in [0.15, 0.2) is 16.5 Å². The Kier molecular flexibility index (Phi) is 5.33. The molecule has 0 aromatic carbocycles. The summed E-state index contributed by atoms with van der Waals surface area (Å²) in [6.45, 7) is 6.11. The van der Waals surface area contributed by atoms with Gasteiger partial charge in [0.25, 0.3) is 0 Å². The fraction of sp³-hybridized carbons (Fsp3) is 0.647. The van der Waals surface area contributed by atoms with Crippen molar-refractivity contribution in [3.05, 3.63) is 29.5 Å². The smallest absolute Gasteiger partial charge is 0.205 e. The highest BCUT2D eigenvalue weighted by molar-refractivity contribution is 7.09. The highest BCUT2D eigenvalue weighted by Crippen LogP contribution is 2.38. The van der Waals surface area contributed by atoms with Crippen LogP contribution < -0.4 is 4.90 Å². The number of rotatable bonds is 6. The molecule has 0 aliphatic carbocycles. The molecule has 3 rings (SSSR count). The predicted molar refractivity (Wildman–Crippen MR) is 92.1 cm³/mol. The molecular weight excluding hydrogens is 310 g/mol. The van der Waals surface area contributed by atoms with E-state index in [0.717, 1.165) is 48.3 Å². The van der Waals surface area contributed by atoms with Gasteiger partial charge in [0.05, 0.1) is 12.6 Å². The summed E-state index contributed by atoms with van der Waals surface area (Å²) in [5.74, 6) is 3.68. The first-order valence-corrected chi connectivity index (χ1v) is 9.15. The number of furan rings is 1. The second kappa shape index (κ2) is 7.45. The van der Waals surface area contributed by atoms with E-state index >= 15 is 0 Å². The number of aromatic nitrogens is 2. The Labute approximate surface area is 141 Å². The second-order valence-corrected chi connectivity index (χ2v) is 6.96. The van der Waals surface area contributed by atoms with Crippen LogP contribution in [0.25, 0.3) is 0 Å². The van der Waals surface area contributed by atoms with Crippen molar-refractivity contribution in [1.29, 1.82) is 0 Å². The van der Waals surface area contributed by atoms with E-state index in [4.69, 9.17) is 14.1 Å². The minimum atomic E-state index is 0.266. The third-order valence-corrected chi connectivity index (χ3v) is 5.25. The highest BCUT2D eigenvalue weighted by atomic mass is 32.1. The largest absolute Gasteiger partial charge is 0.464 e. The maximum atomic E-state index is 6.04. The van der Waals surface area contributed by atoms with Gasteiger partial charge in [-0.2, -0.15) is 4.37 Å². The number of ether oxygens (including phenoxy) is 1. The van der Waals surface area contributed by atoms with Gasteiger partial charge in [-0.3, -0.25) is 0 Å². The van der Waals surface area contributed by atoms with Crippen molar-refractivity contribution in [1.82, 2.24) is 9.36 Å². The molecule has 1 fully saturated rings. The van der Waals surface area contributed by atoms with Gasteiger partial charge in [-0.05, 0) is 30.9 Å². The normalized spacial score (nSPS) is 21.8. The molecule has 1 saturated heterocycles. The number of hydrogen-bond acceptors (Lipinski definition) is 6. The minimum Gasteiger partial charge on any atom is -0.464 e. The average molecular weight is 335 g/mol. The molecule has 0 spiro atoms. The molecule has 126 valence electrons. The summed E-state index contributed by atoms with van der Waals surface area (Å²) in [4.78, 5) is 7.08. The predicted octanol–water partition coefficient (Wildman–Crippen LogP) is 3.86. The van der Waals surface area contributed by atoms with Crippen LogP contribution in [0.2, 0.25) is 0 Å². The second-order valence-electron chi connectivity index (χ2n) is 6.23. The summed E-state index contributed by atoms with van der Waals surface area (Å²) in [5, 5.41) is 1.00. The van der Waals surface area contributed by atoms with Crippen LogP contribution in [-0.2, 0) is 17.6 Å². The Hall–Kier alpha value is -1.40. The molecule has 2 aromatic heterocycles. The number of anilines is 1. The van der Waals surface area contributed by atoms with Crippen molar-refractivity contribution < 1.29 is 9.15 Å². The zero-order valence-corrected chi connectivity index (χ0v) is 14.9. The minimum absolute atomic E-state index is 0.266. The Bertz CT molecular complexity index is 625. The van der Waals surface area contributed by atoms with E-state index in [9.17, 15) is 0 Å². The first kappa shape index (κ1) is 16.5. The molecular formula is C17H25N3O2S. The van der Waals surface area contributed by atoms with Crippen LogP contribution in [0.3, 0.4) is 0 Å². The fourth-order valence-corrected chi connectivity index (χ4v) is 3.85. The third kappa shape index (κ3) is 3.75. The summed E-state index contributed by atoms with van der Waals surface area (Å²) < 4.78 is 15.6. The maximum Gasteiger partial charge on any atom is 0.205 e. The van der Waals surface area contributed by atoms with Gasteiger partial charge in [-0.15, -0.1) is 0 Å². The van der Waals surface area contributed by atoms with Crippen molar-refractivity contribution in [2.24, 2.45) is 5.92 Å². The molecule has 0 N–H and O–H groups in total. The summed E-state index contributed by atoms with van der Waals surface area (Å²) in [6.07, 6.45) is 3.99. The van der Waals surface area contributed by atoms with Gasteiger partial charge < -0.3 is 14.1 Å². The van der Waals surface area contributed by atoms with Crippen LogP contribution >= 0.6 is 11.5 Å². The van der Waals surface area contributed by atoms with E-state index in [2.05, 4.69) is 35.3 Å². The van der Waals surface area contributed by atoms with E-state index in [1.54, 1.807) is 7.11 Å². The SMILES string of the molecule is CCc1ccc(C2CC(C)CCN2c2nc(CCOC)ns2)o1. The lowest BCUT2D eigenvalue weighted by Gasteiger charge is -2.37. The zero-order valence-electron chi connectivity index (χ0n) is 14.1. The first-order valence-electron chi connectivity index (χ1n) is 8.38. The first-order chi connectivity index (χ1) is 11.2. The zero-order chi connectivity index (χ0) is 16.2. The lowest BCUT2D eigenvalue weighted by Crippen LogP contribution is -2.36. The van der Waals surface area contributed by atoms with Crippen LogP contribution in [0.5, 0.6) is 0 Å². The number of aryl methyl sites for hydroxylation is 1. The van der Waals surface area contributed by atoms with Gasteiger partial charge in [-0.25, -0.2) is 4.98 Å². The van der Waals surface area contributed by atoms with Gasteiger partial charge >= 0.3 is 0 Å². The van der Waals surface area contributed by atoms with E-state index in [1.165, 1.54) is 18.0 Å². The van der Waals surface area contributed by atoms with Crippen LogP contribution in [0.4, 0.5) is 5.13 Å². The molecule has 1 aliphatic heterocycles. The van der Waals surface area contributed by atoms with Crippen molar-refractivity contribution in [3.8, 4) is 0 Å². The van der Waals surface area contributed by atoms with Gasteiger partial charge in [0.15, 0.2) is 0 Å². The number of piperidine rings is 1. The molecule has 6 heteroatoms. The monoisotopic (exact) mass is 335 g/mol. The van der Waals surface area contributed by atoms with E-state index in [1.807, 2.05) is 0 Å². The molecule has 0 amide bonds. The molecule has 23 heavy (non-hydrogen) atoms. The quantitative estimate of drug-likeness (QED) is 0.802. The number of hydrogen-bond donors (Lipinski definition) is 0. The van der Waals surface area contributed by atoms with Gasteiger partial charge in [0.2, 0.25) is 5.13 Å². The van der Waals surface area contributed by atoms with E-state index < -0.39 is 0 Å². The molecule has 1 aliphatic rings. The standard InChI is InChI=1S/C17H25N3O2S/c1-4-13-5-6-15(22-13)14-11-12(2)7-9-20(14)17-18-16(19-23-17)8-10-21-3/h5-6,12,14H,4,7-11H2,1-3H3. The highest BCUT2D eigenvalue weighted by Gasteiger charge is 2.32. The molecule has 2 aromatic rings. The Morgan fingerprint density at radius 2 is 2.30 bits per heavy atom. The van der Waals surface area contributed by atoms with Crippen LogP contribution in [-0.4, -0.2) is 29.6 Å². The maximum absolute atomic E-state index is 6.04. The van der Waals surface area contributed by atoms with Crippen LogP contribution in [0, 0.1) is 5.92 Å². The Balaban J connectivity index is 1.81. The summed E-state index contributed by atoms with van der Waals surface area (Å²) in [5.41, 5.74) is 0. The van der Waals surface area contributed by atoms with Gasteiger partial charge in [0, 0.05) is 38.0 Å². The Morgan fingerprint density at radius 3 is 3.04 bits per heavy atom. The molecule has 0 saturated carbocycles. The van der Waals surface area contributed by atoms with Crippen molar-refractivity contribution in [2.75, 3.05) is 25.2 Å². The molecule has 0 radical (unpaired) electrons. The van der Waals surface area contributed by atoms with Gasteiger partial charge in [-0.1, -0.05) is 13.8 Å². The summed E-state index contributed by atoms with van der Waals surface area (Å²) in [7, 11) is 1.71. The van der Waals surface area contributed by atoms with Crippen molar-refractivity contribution in [3.63, 3.8) is 0 Å². The lowest BCUT2D eigenvalue weighted by molar-refractivity contribution is 0.201. The van der Waals surface area contributed by atoms with E-state index in [-0.39, 0.29) is 6.04 Å². The average Bonchev–Trinajstić information content (AvgIpc) is 3.22. The third-order valence-electron chi connectivity index (χ3n) is 4.46. The molecule has 5 nitrogen and oxygen atoms in total. The number of nitrogens with zero attached hydrogens (tertiary/aromatic N) is 3. The molecule has 2 atom stereocenters. The summed E-state index contributed by atoms with van der Waals surface area (Å²) >= 11 is 1.49. The van der Waals surface area contributed by atoms with E-state index in [0.29, 0.717) is 12.5 Å². The molecule has 3 heterocycles. The van der Waals surface area contributed by atoms with Crippen LogP contribution in [0.1, 0.15) is 50.1 Å². The van der Waals surface area contributed by atoms with Crippen molar-refractivity contribution >= 4 is 16.7 Å². The topological polar surface area (TPSA) is 51.4 Å². The number of methoxy groups -OCH3 is 1. The Morgan fingerprint density at radius 1 is 1.43 bits per heavy atom. The summed E-state index contributed by atoms with van der Waals surface area (Å²) in [6, 6.07) is 4.49. The van der Waals surface area contributed by atoms with Gasteiger partial charge in [0.1, 0.15) is 17.3 Å².